The summed E-state index contributed by atoms with van der Waals surface area (Å²) in [5, 5.41) is 0. The van der Waals surface area contributed by atoms with Gasteiger partial charge in [-0.05, 0) is 13.8 Å². The normalized spacial score (nSPS) is 9.10. The molecule has 0 saturated carbocycles. The van der Waals surface area contributed by atoms with Crippen molar-refractivity contribution in [3.63, 3.8) is 0 Å². The molecule has 0 aliphatic rings. The van der Waals surface area contributed by atoms with E-state index in [1.807, 2.05) is 13.8 Å². The summed E-state index contributed by atoms with van der Waals surface area (Å²) >= 11 is 0. The van der Waals surface area contributed by atoms with Gasteiger partial charge in [-0.25, -0.2) is 0 Å². The molecule has 0 N–H and O–H groups in total. The van der Waals surface area contributed by atoms with Crippen molar-refractivity contribution in [3.8, 4) is 0 Å². The molecule has 0 amide bonds. The fourth-order valence-corrected chi connectivity index (χ4v) is 0.455. The molecule has 58 valence electrons. The van der Waals surface area contributed by atoms with E-state index in [1.54, 1.807) is 0 Å². The van der Waals surface area contributed by atoms with E-state index in [-0.39, 0.29) is 23.1 Å². The molecular formula is C6H14MgO3. The molecule has 0 saturated heterocycles. The highest BCUT2D eigenvalue weighted by Gasteiger charge is 2.02. The minimum absolute atomic E-state index is 0. The molecule has 0 bridgehead atoms. The fraction of sp³-hybridized carbons (Fsp3) is 0.833. The Labute approximate surface area is 77.2 Å². The van der Waals surface area contributed by atoms with E-state index >= 15 is 0 Å². The van der Waals surface area contributed by atoms with Crippen LogP contribution in [0.4, 0.5) is 0 Å². The first-order chi connectivity index (χ1) is 4.35. The van der Waals surface area contributed by atoms with Crippen LogP contribution >= 0.6 is 0 Å². The lowest BCUT2D eigenvalue weighted by Crippen LogP contribution is -2.18. The molecule has 3 nitrogen and oxygen atoms in total. The maximum atomic E-state index is 10.0. The van der Waals surface area contributed by atoms with Gasteiger partial charge in [-0.2, -0.15) is 0 Å². The molecule has 4 heteroatoms. The number of hydrogen-bond donors (Lipinski definition) is 0. The van der Waals surface area contributed by atoms with Crippen molar-refractivity contribution in [2.45, 2.75) is 20.1 Å². The Kier molecular flexibility index (Phi) is 12.1. The van der Waals surface area contributed by atoms with Gasteiger partial charge in [-0.1, -0.05) is 0 Å². The Balaban J connectivity index is 0. The summed E-state index contributed by atoms with van der Waals surface area (Å²) < 4.78 is 9.68. The second-order valence-corrected chi connectivity index (χ2v) is 1.42. The Morgan fingerprint density at radius 2 is 1.70 bits per heavy atom. The molecule has 0 heterocycles. The van der Waals surface area contributed by atoms with Crippen molar-refractivity contribution in [2.24, 2.45) is 0 Å². The Morgan fingerprint density at radius 3 is 1.90 bits per heavy atom. The third kappa shape index (κ3) is 6.48. The molecule has 0 aromatic carbocycles. The average molecular weight is 158 g/mol. The van der Waals surface area contributed by atoms with E-state index < -0.39 is 6.29 Å². The van der Waals surface area contributed by atoms with Crippen LogP contribution in [0.25, 0.3) is 0 Å². The van der Waals surface area contributed by atoms with Crippen LogP contribution in [0.15, 0.2) is 0 Å². The van der Waals surface area contributed by atoms with Crippen molar-refractivity contribution < 1.29 is 14.3 Å². The fourth-order valence-electron chi connectivity index (χ4n) is 0.455. The number of hydrogen-bond acceptors (Lipinski definition) is 3. The summed E-state index contributed by atoms with van der Waals surface area (Å²) in [6.07, 6.45) is -0.0208. The Morgan fingerprint density at radius 1 is 1.30 bits per heavy atom. The predicted molar refractivity (Wildman–Crippen MR) is 41.6 cm³/mol. The van der Waals surface area contributed by atoms with Gasteiger partial charge in [-0.15, -0.1) is 0 Å². The van der Waals surface area contributed by atoms with Gasteiger partial charge in [0.2, 0.25) is 6.29 Å². The Hall–Kier alpha value is 0.356. The number of ether oxygens (including phenoxy) is 2. The van der Waals surface area contributed by atoms with Crippen molar-refractivity contribution in [2.75, 3.05) is 13.2 Å². The van der Waals surface area contributed by atoms with Crippen LogP contribution in [-0.4, -0.2) is 48.8 Å². The quantitative estimate of drug-likeness (QED) is 0.312. The topological polar surface area (TPSA) is 35.5 Å². The number of carbonyl (C=O) groups excluding carboxylic acids is 1. The molecular weight excluding hydrogens is 144 g/mol. The molecule has 0 aliphatic carbocycles. The Bertz CT molecular complexity index is 71.4. The van der Waals surface area contributed by atoms with Gasteiger partial charge < -0.3 is 9.47 Å². The van der Waals surface area contributed by atoms with Gasteiger partial charge in [-0.3, -0.25) is 4.79 Å². The largest absolute Gasteiger partial charge is 0.347 e. The second kappa shape index (κ2) is 9.36. The maximum absolute atomic E-state index is 10.0. The van der Waals surface area contributed by atoms with E-state index in [0.29, 0.717) is 19.5 Å². The van der Waals surface area contributed by atoms with Crippen LogP contribution < -0.4 is 0 Å². The highest BCUT2D eigenvalue weighted by molar-refractivity contribution is 5.75. The third-order valence-electron chi connectivity index (χ3n) is 0.773. The van der Waals surface area contributed by atoms with Crippen molar-refractivity contribution in [3.05, 3.63) is 0 Å². The van der Waals surface area contributed by atoms with Gasteiger partial charge in [0.1, 0.15) is 0 Å². The maximum Gasteiger partial charge on any atom is 0.316 e. The van der Waals surface area contributed by atoms with Gasteiger partial charge in [0.15, 0.2) is 6.29 Å². The lowest BCUT2D eigenvalue weighted by atomic mass is 10.7. The third-order valence-corrected chi connectivity index (χ3v) is 0.773. The highest BCUT2D eigenvalue weighted by Crippen LogP contribution is 1.88. The van der Waals surface area contributed by atoms with Gasteiger partial charge in [0.05, 0.1) is 0 Å². The summed E-state index contributed by atoms with van der Waals surface area (Å²) in [6.45, 7) is 4.64. The van der Waals surface area contributed by atoms with Crippen LogP contribution in [0.3, 0.4) is 0 Å². The number of rotatable bonds is 5. The van der Waals surface area contributed by atoms with Crippen LogP contribution in [-0.2, 0) is 14.3 Å². The summed E-state index contributed by atoms with van der Waals surface area (Å²) in [4.78, 5) is 10.0. The smallest absolute Gasteiger partial charge is 0.316 e. The number of carbonyl (C=O) groups is 1. The van der Waals surface area contributed by atoms with Crippen LogP contribution in [0.2, 0.25) is 0 Å². The summed E-state index contributed by atoms with van der Waals surface area (Å²) in [7, 11) is 0. The summed E-state index contributed by atoms with van der Waals surface area (Å²) in [5.74, 6) is 0. The van der Waals surface area contributed by atoms with Crippen molar-refractivity contribution in [1.82, 2.24) is 0 Å². The first-order valence-electron chi connectivity index (χ1n) is 3.03. The van der Waals surface area contributed by atoms with E-state index in [9.17, 15) is 4.79 Å². The molecule has 0 radical (unpaired) electrons. The minimum atomic E-state index is -0.667. The van der Waals surface area contributed by atoms with Crippen molar-refractivity contribution in [1.29, 1.82) is 0 Å². The molecule has 0 unspecified atom stereocenters. The van der Waals surface area contributed by atoms with Crippen LogP contribution in [0.5, 0.6) is 0 Å². The molecule has 0 spiro atoms. The lowest BCUT2D eigenvalue weighted by molar-refractivity contribution is -0.155. The molecule has 10 heavy (non-hydrogen) atoms. The standard InChI is InChI=1S/C6H12O3.Mg.2H/c1-3-8-6(5-7)9-4-2;;;/h5-6H,3-4H2,1-2H3;;;. The van der Waals surface area contributed by atoms with Gasteiger partial charge in [0.25, 0.3) is 0 Å². The lowest BCUT2D eigenvalue weighted by Gasteiger charge is -2.08. The monoisotopic (exact) mass is 158 g/mol. The van der Waals surface area contributed by atoms with Gasteiger partial charge >= 0.3 is 23.1 Å². The van der Waals surface area contributed by atoms with Crippen molar-refractivity contribution >= 4 is 29.3 Å². The van der Waals surface area contributed by atoms with Crippen LogP contribution in [0.1, 0.15) is 13.8 Å². The van der Waals surface area contributed by atoms with E-state index in [0.717, 1.165) is 0 Å². The molecule has 0 aliphatic heterocycles. The molecule has 0 rings (SSSR count). The summed E-state index contributed by atoms with van der Waals surface area (Å²) in [5.41, 5.74) is 0. The summed E-state index contributed by atoms with van der Waals surface area (Å²) in [6, 6.07) is 0. The molecule has 0 fully saturated rings. The zero-order valence-electron chi connectivity index (χ0n) is 5.79. The minimum Gasteiger partial charge on any atom is -0.347 e. The first-order valence-corrected chi connectivity index (χ1v) is 3.03. The predicted octanol–water partition coefficient (Wildman–Crippen LogP) is -0.332. The average Bonchev–Trinajstić information content (AvgIpc) is 1.88. The van der Waals surface area contributed by atoms with Crippen LogP contribution in [0, 0.1) is 0 Å². The SMILES string of the molecule is CCOC(C=O)OCC.[MgH2]. The van der Waals surface area contributed by atoms with E-state index in [1.165, 1.54) is 0 Å². The first kappa shape index (κ1) is 13.0. The zero-order valence-corrected chi connectivity index (χ0v) is 5.79. The zero-order chi connectivity index (χ0) is 7.11. The molecule has 0 aromatic heterocycles. The second-order valence-electron chi connectivity index (χ2n) is 1.42. The molecule has 0 aromatic rings. The molecule has 0 atom stereocenters. The van der Waals surface area contributed by atoms with Gasteiger partial charge in [0, 0.05) is 13.2 Å². The highest BCUT2D eigenvalue weighted by atomic mass is 24.3. The van der Waals surface area contributed by atoms with E-state index in [2.05, 4.69) is 0 Å². The van der Waals surface area contributed by atoms with E-state index in [4.69, 9.17) is 9.47 Å². The number of aldehydes is 1.